The van der Waals surface area contributed by atoms with Gasteiger partial charge in [0, 0.05) is 64.1 Å². The molecule has 3 rings (SSSR count). The van der Waals surface area contributed by atoms with Gasteiger partial charge in [-0.15, -0.1) is 0 Å². The van der Waals surface area contributed by atoms with Crippen LogP contribution in [0.25, 0.3) is 16.6 Å². The normalized spacial score (nSPS) is 14.8. The second kappa shape index (κ2) is 26.1. The average molecular weight is 1020 g/mol. The first-order chi connectivity index (χ1) is 33.5. The van der Waals surface area contributed by atoms with E-state index in [-0.39, 0.29) is 37.5 Å². The van der Waals surface area contributed by atoms with Crippen LogP contribution in [0.1, 0.15) is 85.1 Å². The van der Waals surface area contributed by atoms with Gasteiger partial charge in [0.25, 0.3) is 0 Å². The van der Waals surface area contributed by atoms with Crippen LogP contribution < -0.4 is 16.4 Å². The Labute approximate surface area is 414 Å². The van der Waals surface area contributed by atoms with Crippen molar-refractivity contribution < 1.29 is 69.7 Å². The van der Waals surface area contributed by atoms with Crippen LogP contribution in [0.3, 0.4) is 0 Å². The van der Waals surface area contributed by atoms with Crippen molar-refractivity contribution in [1.29, 1.82) is 5.26 Å². The van der Waals surface area contributed by atoms with Crippen molar-refractivity contribution in [3.8, 4) is 11.8 Å². The Hall–Kier alpha value is -6.70. The predicted octanol–water partition coefficient (Wildman–Crippen LogP) is 5.66. The van der Waals surface area contributed by atoms with Crippen LogP contribution in [0.2, 0.25) is 0 Å². The number of benzene rings is 2. The summed E-state index contributed by atoms with van der Waals surface area (Å²) in [6.45, 7) is 7.93. The number of esters is 1. The van der Waals surface area contributed by atoms with Gasteiger partial charge in [0.2, 0.25) is 29.5 Å². The summed E-state index contributed by atoms with van der Waals surface area (Å²) in [6, 6.07) is 7.56. The van der Waals surface area contributed by atoms with Gasteiger partial charge in [0.1, 0.15) is 30.2 Å². The van der Waals surface area contributed by atoms with Gasteiger partial charge in [-0.05, 0) is 61.8 Å². The molecule has 1 heterocycles. The minimum absolute atomic E-state index is 0.0682. The molecule has 0 fully saturated rings. The standard InChI is InChI=1S/C49H64F6N8O9/c1-28(2)23-36(59-41(64)38(24-29(3)4)61(7)43(66)34(57)26-49(53,54)55)45(68)62(8)39(25-31-27-63(32-15-10-9-11-16-32)37-18-13-12-17-33(31)37)42(65)58-35(20-21-48(50,51)52)44(67)60(6)30(5)47(71)72-40(46(69)70)19-14-22-56/h9-13,15-18,27-30,34-36,38-40H,14,19-21,23-26,57H2,1-8H3,(H,58,65)(H,59,64)(H,69,70)/t30-,34-,35-,36-,38-,39-,40+/m0/s1. The van der Waals surface area contributed by atoms with E-state index in [2.05, 4.69) is 10.6 Å². The van der Waals surface area contributed by atoms with E-state index in [4.69, 9.17) is 15.7 Å². The third-order valence-electron chi connectivity index (χ3n) is 11.9. The number of rotatable bonds is 25. The second-order valence-electron chi connectivity index (χ2n) is 18.6. The number of carbonyl (C=O) groups excluding carboxylic acids is 6. The molecular weight excluding hydrogens is 959 g/mol. The molecule has 0 spiro atoms. The Balaban J connectivity index is 2.15. The number of ether oxygens (including phenoxy) is 1. The first-order valence-corrected chi connectivity index (χ1v) is 23.2. The van der Waals surface area contributed by atoms with Crippen molar-refractivity contribution in [2.45, 2.75) is 141 Å². The van der Waals surface area contributed by atoms with E-state index >= 15 is 0 Å². The Morgan fingerprint density at radius 2 is 1.28 bits per heavy atom. The molecule has 0 bridgehead atoms. The van der Waals surface area contributed by atoms with Crippen LogP contribution >= 0.6 is 0 Å². The smallest absolute Gasteiger partial charge is 0.391 e. The Morgan fingerprint density at radius 3 is 1.83 bits per heavy atom. The molecule has 5 amide bonds. The number of hydrogen-bond donors (Lipinski definition) is 4. The maximum atomic E-state index is 14.9. The van der Waals surface area contributed by atoms with Crippen molar-refractivity contribution in [3.63, 3.8) is 0 Å². The number of amides is 5. The van der Waals surface area contributed by atoms with Gasteiger partial charge in [-0.25, -0.2) is 9.59 Å². The summed E-state index contributed by atoms with van der Waals surface area (Å²) in [4.78, 5) is 98.4. The zero-order valence-corrected chi connectivity index (χ0v) is 41.4. The summed E-state index contributed by atoms with van der Waals surface area (Å²) in [5.74, 6) is -8.87. The SMILES string of the molecule is CC(C)C[C@H](NC(=O)[C@H](CC(C)C)N(C)C(=O)[C@@H](N)CC(F)(F)F)C(=O)N(C)[C@@H](Cc1cn(-c2ccccc2)c2ccccc12)C(=O)N[C@@H](CCC(F)(F)F)C(=O)N(C)[C@@H](C)C(=O)O[C@H](CCC#N)C(=O)O. The first-order valence-electron chi connectivity index (χ1n) is 23.2. The lowest BCUT2D eigenvalue weighted by molar-refractivity contribution is -0.169. The number of carboxylic acid groups (broad SMARTS) is 1. The van der Waals surface area contributed by atoms with Gasteiger partial charge in [0.15, 0.2) is 6.10 Å². The Morgan fingerprint density at radius 1 is 0.736 bits per heavy atom. The van der Waals surface area contributed by atoms with Crippen LogP contribution in [-0.4, -0.2) is 142 Å². The molecule has 72 heavy (non-hydrogen) atoms. The van der Waals surface area contributed by atoms with Crippen LogP contribution in [0, 0.1) is 23.2 Å². The van der Waals surface area contributed by atoms with Gasteiger partial charge in [-0.2, -0.15) is 31.6 Å². The zero-order chi connectivity index (χ0) is 54.4. The van der Waals surface area contributed by atoms with E-state index in [0.717, 1.165) is 30.8 Å². The number of nitrogens with zero attached hydrogens (tertiary/aromatic N) is 5. The molecule has 5 N–H and O–H groups in total. The van der Waals surface area contributed by atoms with Crippen LogP contribution in [-0.2, 0) is 44.7 Å². The number of nitrogens with two attached hydrogens (primary N) is 1. The third kappa shape index (κ3) is 17.3. The molecule has 3 aromatic rings. The summed E-state index contributed by atoms with van der Waals surface area (Å²) in [6.07, 6.45) is -15.3. The van der Waals surface area contributed by atoms with E-state index < -0.39 is 122 Å². The van der Waals surface area contributed by atoms with Crippen LogP contribution in [0.4, 0.5) is 26.3 Å². The number of hydrogen-bond acceptors (Lipinski definition) is 10. The molecule has 396 valence electrons. The average Bonchev–Trinajstić information content (AvgIpc) is 3.67. The third-order valence-corrected chi connectivity index (χ3v) is 11.9. The number of fused-ring (bicyclic) bond motifs is 1. The molecule has 17 nitrogen and oxygen atoms in total. The van der Waals surface area contributed by atoms with Gasteiger partial charge in [-0.1, -0.05) is 64.1 Å². The minimum Gasteiger partial charge on any atom is -0.479 e. The first kappa shape index (κ1) is 59.6. The van der Waals surface area contributed by atoms with Gasteiger partial charge in [-0.3, -0.25) is 24.0 Å². The predicted molar refractivity (Wildman–Crippen MR) is 251 cm³/mol. The Kier molecular flexibility index (Phi) is 21.6. The van der Waals surface area contributed by atoms with E-state index in [1.54, 1.807) is 82.4 Å². The molecule has 0 aliphatic rings. The molecule has 0 unspecified atom stereocenters. The van der Waals surface area contributed by atoms with Gasteiger partial charge >= 0.3 is 24.3 Å². The molecule has 0 saturated carbocycles. The van der Waals surface area contributed by atoms with E-state index in [1.807, 2.05) is 16.7 Å². The molecule has 0 aliphatic carbocycles. The maximum absolute atomic E-state index is 14.9. The van der Waals surface area contributed by atoms with E-state index in [1.165, 1.54) is 7.05 Å². The molecule has 7 atom stereocenters. The number of aliphatic carboxylic acids is 1. The summed E-state index contributed by atoms with van der Waals surface area (Å²) in [5, 5.41) is 24.0. The highest BCUT2D eigenvalue weighted by atomic mass is 19.4. The quantitative estimate of drug-likeness (QED) is 0.0597. The summed E-state index contributed by atoms with van der Waals surface area (Å²) in [7, 11) is 3.35. The number of nitriles is 1. The topological polar surface area (TPSA) is 237 Å². The maximum Gasteiger partial charge on any atom is 0.391 e. The van der Waals surface area contributed by atoms with Crippen molar-refractivity contribution in [3.05, 3.63) is 66.4 Å². The monoisotopic (exact) mass is 1020 g/mol. The molecule has 2 aromatic carbocycles. The van der Waals surface area contributed by atoms with Crippen molar-refractivity contribution in [1.82, 2.24) is 29.9 Å². The molecule has 1 aromatic heterocycles. The fraction of sp³-hybridized carbons (Fsp3) is 0.551. The second-order valence-corrected chi connectivity index (χ2v) is 18.6. The molecule has 23 heteroatoms. The van der Waals surface area contributed by atoms with Crippen molar-refractivity contribution >= 4 is 52.4 Å². The summed E-state index contributed by atoms with van der Waals surface area (Å²) < 4.78 is 88.2. The lowest BCUT2D eigenvalue weighted by atomic mass is 9.97. The van der Waals surface area contributed by atoms with E-state index in [9.17, 15) is 65.0 Å². The Bertz CT molecular complexity index is 2410. The highest BCUT2D eigenvalue weighted by molar-refractivity contribution is 5.97. The van der Waals surface area contributed by atoms with Crippen LogP contribution in [0.15, 0.2) is 60.8 Å². The molecular formula is C49H64F6N8O9. The summed E-state index contributed by atoms with van der Waals surface area (Å²) in [5.41, 5.74) is 7.46. The number of halogens is 6. The number of aromatic nitrogens is 1. The van der Waals surface area contributed by atoms with Crippen molar-refractivity contribution in [2.24, 2.45) is 17.6 Å². The number of para-hydroxylation sites is 2. The minimum atomic E-state index is -4.86. The van der Waals surface area contributed by atoms with Crippen molar-refractivity contribution in [2.75, 3.05) is 21.1 Å². The fourth-order valence-corrected chi connectivity index (χ4v) is 7.92. The lowest BCUT2D eigenvalue weighted by Gasteiger charge is -2.35. The van der Waals surface area contributed by atoms with Gasteiger partial charge in [0.05, 0.1) is 24.0 Å². The number of nitrogens with one attached hydrogen (secondary N) is 2. The molecule has 0 aliphatic heterocycles. The highest BCUT2D eigenvalue weighted by Gasteiger charge is 2.41. The number of carbonyl (C=O) groups is 7. The number of carboxylic acids is 1. The van der Waals surface area contributed by atoms with Gasteiger partial charge < -0.3 is 45.5 Å². The lowest BCUT2D eigenvalue weighted by Crippen LogP contribution is -2.60. The highest BCUT2D eigenvalue weighted by Crippen LogP contribution is 2.29. The summed E-state index contributed by atoms with van der Waals surface area (Å²) >= 11 is 0. The largest absolute Gasteiger partial charge is 0.479 e. The number of alkyl halides is 6. The molecule has 0 saturated heterocycles. The van der Waals surface area contributed by atoms with E-state index in [0.29, 0.717) is 27.1 Å². The zero-order valence-electron chi connectivity index (χ0n) is 41.4. The fourth-order valence-electron chi connectivity index (χ4n) is 7.92. The van der Waals surface area contributed by atoms with Crippen LogP contribution in [0.5, 0.6) is 0 Å². The number of likely N-dealkylation sites (N-methyl/N-ethyl adjacent to an activating group) is 3. The molecule has 0 radical (unpaired) electrons.